The molecule has 0 saturated heterocycles. The van der Waals surface area contributed by atoms with Crippen molar-refractivity contribution < 1.29 is 19.4 Å². The Labute approximate surface area is 166 Å². The van der Waals surface area contributed by atoms with Crippen LogP contribution in [-0.4, -0.2) is 22.4 Å². The van der Waals surface area contributed by atoms with E-state index in [0.29, 0.717) is 11.3 Å². The summed E-state index contributed by atoms with van der Waals surface area (Å²) in [6.07, 6.45) is 3.70. The van der Waals surface area contributed by atoms with Crippen LogP contribution in [-0.2, 0) is 4.99 Å². The molecule has 4 aromatic rings. The minimum absolute atomic E-state index is 0.227. The van der Waals surface area contributed by atoms with Crippen molar-refractivity contribution in [1.29, 1.82) is 0 Å². The van der Waals surface area contributed by atoms with Gasteiger partial charge >= 0.3 is 0 Å². The van der Waals surface area contributed by atoms with Crippen molar-refractivity contribution in [3.8, 4) is 22.8 Å². The number of fused-ring (bicyclic) bond motifs is 1. The van der Waals surface area contributed by atoms with E-state index in [1.165, 1.54) is 0 Å². The summed E-state index contributed by atoms with van der Waals surface area (Å²) in [5.74, 6) is 5.57. The number of pyridine rings is 1. The second kappa shape index (κ2) is 8.01. The number of nitrogens with zero attached hydrogens (tertiary/aromatic N) is 2. The predicted octanol–water partition coefficient (Wildman–Crippen LogP) is 3.45. The van der Waals surface area contributed by atoms with Gasteiger partial charge in [0.05, 0.1) is 24.6 Å². The van der Waals surface area contributed by atoms with Crippen LogP contribution in [0, 0.1) is 0 Å². The number of para-hydroxylation sites is 1. The molecule has 0 unspecified atom stereocenters. The molecule has 0 aliphatic carbocycles. The van der Waals surface area contributed by atoms with E-state index in [0.717, 1.165) is 22.7 Å². The lowest BCUT2D eigenvalue weighted by Gasteiger charge is -2.09. The van der Waals surface area contributed by atoms with E-state index < -0.39 is 0 Å². The van der Waals surface area contributed by atoms with Crippen LogP contribution in [0.5, 0.6) is 11.5 Å². The molecule has 2 aromatic carbocycles. The van der Waals surface area contributed by atoms with E-state index in [1.54, 1.807) is 37.6 Å². The molecule has 0 radical (unpaired) electrons. The molecule has 1 amide bonds. The molecule has 8 heteroatoms. The van der Waals surface area contributed by atoms with Gasteiger partial charge in [-0.2, -0.15) is 5.90 Å². The fraction of sp³-hybridized carbons (Fsp3) is 0.0476. The number of hydrogen-bond donors (Lipinski definition) is 2. The second-order valence-electron chi connectivity index (χ2n) is 6.15. The number of amides is 1. The van der Waals surface area contributed by atoms with Crippen LogP contribution < -0.4 is 20.8 Å². The van der Waals surface area contributed by atoms with Gasteiger partial charge in [-0.1, -0.05) is 29.3 Å². The number of nitrogens with two attached hydrogens (primary N) is 1. The summed E-state index contributed by atoms with van der Waals surface area (Å²) < 4.78 is 7.20. The first-order chi connectivity index (χ1) is 14.2. The van der Waals surface area contributed by atoms with Gasteiger partial charge in [-0.3, -0.25) is 9.20 Å². The Bertz CT molecular complexity index is 1160. The number of hydrogen-bond acceptors (Lipinski definition) is 6. The summed E-state index contributed by atoms with van der Waals surface area (Å²) in [7, 11) is 1.62. The Balaban J connectivity index is 1.55. The van der Waals surface area contributed by atoms with E-state index in [-0.39, 0.29) is 11.7 Å². The third-order valence-electron chi connectivity index (χ3n) is 4.43. The van der Waals surface area contributed by atoms with Gasteiger partial charge in [0.2, 0.25) is 0 Å². The smallest absolute Gasteiger partial charge is 0.259 e. The van der Waals surface area contributed by atoms with E-state index in [9.17, 15) is 4.79 Å². The number of methoxy groups -OCH3 is 1. The summed E-state index contributed by atoms with van der Waals surface area (Å²) in [5, 5.41) is 2.83. The zero-order valence-electron chi connectivity index (χ0n) is 15.5. The molecule has 0 bridgehead atoms. The Morgan fingerprint density at radius 3 is 2.66 bits per heavy atom. The average Bonchev–Trinajstić information content (AvgIpc) is 3.18. The van der Waals surface area contributed by atoms with Gasteiger partial charge in [0.15, 0.2) is 5.75 Å². The number of nitrogens with one attached hydrogen (secondary N) is 1. The van der Waals surface area contributed by atoms with E-state index in [4.69, 9.17) is 15.5 Å². The minimum Gasteiger partial charge on any atom is -0.497 e. The van der Waals surface area contributed by atoms with Crippen molar-refractivity contribution in [2.24, 2.45) is 5.90 Å². The number of benzene rings is 2. The van der Waals surface area contributed by atoms with Gasteiger partial charge in [0.25, 0.3) is 5.91 Å². The molecule has 0 aliphatic rings. The first-order valence-electron chi connectivity index (χ1n) is 8.75. The van der Waals surface area contributed by atoms with Crippen LogP contribution >= 0.6 is 0 Å². The molecule has 0 aliphatic heterocycles. The van der Waals surface area contributed by atoms with Crippen molar-refractivity contribution >= 4 is 17.2 Å². The third kappa shape index (κ3) is 3.75. The molecule has 0 fully saturated rings. The number of aromatic nitrogens is 2. The SMILES string of the molecule is COc1ccn2c(-c3ccc(NC(=O)c4ccccc4OON)cc3)cnc2c1. The van der Waals surface area contributed by atoms with Crippen LogP contribution in [0.1, 0.15) is 10.4 Å². The van der Waals surface area contributed by atoms with E-state index >= 15 is 0 Å². The zero-order chi connectivity index (χ0) is 20.2. The van der Waals surface area contributed by atoms with Gasteiger partial charge in [-0.05, 0) is 30.3 Å². The monoisotopic (exact) mass is 390 g/mol. The molecule has 8 nitrogen and oxygen atoms in total. The molecule has 4 rings (SSSR count). The predicted molar refractivity (Wildman–Crippen MR) is 107 cm³/mol. The normalized spacial score (nSPS) is 10.7. The lowest BCUT2D eigenvalue weighted by molar-refractivity contribution is -0.211. The van der Waals surface area contributed by atoms with Crippen molar-refractivity contribution in [3.05, 3.63) is 78.6 Å². The number of imidazole rings is 1. The molecule has 0 atom stereocenters. The number of carbonyl (C=O) groups is 1. The average molecular weight is 390 g/mol. The molecular weight excluding hydrogens is 372 g/mol. The van der Waals surface area contributed by atoms with Crippen LogP contribution in [0.15, 0.2) is 73.1 Å². The van der Waals surface area contributed by atoms with Crippen LogP contribution in [0.3, 0.4) is 0 Å². The van der Waals surface area contributed by atoms with E-state index in [1.807, 2.05) is 47.0 Å². The Kier molecular flexibility index (Phi) is 5.10. The molecule has 29 heavy (non-hydrogen) atoms. The largest absolute Gasteiger partial charge is 0.497 e. The van der Waals surface area contributed by atoms with Gasteiger partial charge in [0, 0.05) is 23.5 Å². The highest BCUT2D eigenvalue weighted by Gasteiger charge is 2.13. The highest BCUT2D eigenvalue weighted by Crippen LogP contribution is 2.25. The third-order valence-corrected chi connectivity index (χ3v) is 4.43. The molecule has 2 aromatic heterocycles. The Morgan fingerprint density at radius 2 is 1.90 bits per heavy atom. The number of anilines is 1. The van der Waals surface area contributed by atoms with Crippen LogP contribution in [0.4, 0.5) is 5.69 Å². The maximum Gasteiger partial charge on any atom is 0.259 e. The number of rotatable bonds is 6. The second-order valence-corrected chi connectivity index (χ2v) is 6.15. The summed E-state index contributed by atoms with van der Waals surface area (Å²) >= 11 is 0. The molecular formula is C21H18N4O4. The first kappa shape index (κ1) is 18.5. The number of carbonyl (C=O) groups excluding carboxylic acids is 1. The maximum atomic E-state index is 12.5. The van der Waals surface area contributed by atoms with Gasteiger partial charge in [-0.25, -0.2) is 4.98 Å². The quantitative estimate of drug-likeness (QED) is 0.386. The lowest BCUT2D eigenvalue weighted by Crippen LogP contribution is -2.14. The lowest BCUT2D eigenvalue weighted by atomic mass is 10.1. The Hall–Kier alpha value is -3.88. The maximum absolute atomic E-state index is 12.5. The van der Waals surface area contributed by atoms with Gasteiger partial charge < -0.3 is 14.9 Å². The van der Waals surface area contributed by atoms with Gasteiger partial charge in [-0.15, -0.1) is 0 Å². The summed E-state index contributed by atoms with van der Waals surface area (Å²) in [6.45, 7) is 0. The molecule has 3 N–H and O–H groups in total. The highest BCUT2D eigenvalue weighted by atomic mass is 17.3. The summed E-state index contributed by atoms with van der Waals surface area (Å²) in [4.78, 5) is 26.0. The van der Waals surface area contributed by atoms with Crippen LogP contribution in [0.2, 0.25) is 0 Å². The zero-order valence-corrected chi connectivity index (χ0v) is 15.5. The fourth-order valence-electron chi connectivity index (χ4n) is 3.00. The molecule has 0 spiro atoms. The highest BCUT2D eigenvalue weighted by molar-refractivity contribution is 6.06. The van der Waals surface area contributed by atoms with Crippen molar-refractivity contribution in [1.82, 2.24) is 9.38 Å². The van der Waals surface area contributed by atoms with Crippen molar-refractivity contribution in [2.75, 3.05) is 12.4 Å². The van der Waals surface area contributed by atoms with Gasteiger partial charge in [0.1, 0.15) is 11.4 Å². The molecule has 0 saturated carbocycles. The van der Waals surface area contributed by atoms with Crippen LogP contribution in [0.25, 0.3) is 16.9 Å². The first-order valence-corrected chi connectivity index (χ1v) is 8.75. The standard InChI is InChI=1S/C21H18N4O4/c1-27-16-10-11-25-18(13-23-20(25)12-16)14-6-8-15(9-7-14)24-21(26)17-4-2-3-5-19(17)28-29-22/h2-13H,22H2,1H3,(H,24,26). The summed E-state index contributed by atoms with van der Waals surface area (Å²) in [5.41, 5.74) is 3.62. The molecule has 146 valence electrons. The van der Waals surface area contributed by atoms with E-state index in [2.05, 4.69) is 15.3 Å². The number of ether oxygens (including phenoxy) is 1. The molecule has 2 heterocycles. The summed E-state index contributed by atoms with van der Waals surface area (Å²) in [6, 6.07) is 17.8. The Morgan fingerprint density at radius 1 is 1.10 bits per heavy atom. The topological polar surface area (TPSA) is 100 Å². The van der Waals surface area contributed by atoms with Crippen molar-refractivity contribution in [2.45, 2.75) is 0 Å². The fourth-order valence-corrected chi connectivity index (χ4v) is 3.00. The van der Waals surface area contributed by atoms with Crippen molar-refractivity contribution in [3.63, 3.8) is 0 Å². The minimum atomic E-state index is -0.340.